The molecule has 0 spiro atoms. The second-order valence-electron chi connectivity index (χ2n) is 4.44. The number of benzene rings is 1. The Morgan fingerprint density at radius 1 is 1.35 bits per heavy atom. The van der Waals surface area contributed by atoms with Crippen molar-refractivity contribution in [3.8, 4) is 11.6 Å². The second-order valence-corrected chi connectivity index (χ2v) is 4.44. The van der Waals surface area contributed by atoms with E-state index in [0.717, 1.165) is 11.1 Å². The fourth-order valence-electron chi connectivity index (χ4n) is 1.79. The van der Waals surface area contributed by atoms with E-state index in [0.29, 0.717) is 5.88 Å². The molecule has 0 amide bonds. The summed E-state index contributed by atoms with van der Waals surface area (Å²) in [6.07, 6.45) is 1.63. The lowest BCUT2D eigenvalue weighted by molar-refractivity contribution is 0.280. The highest BCUT2D eigenvalue weighted by Crippen LogP contribution is 2.23. The van der Waals surface area contributed by atoms with Crippen molar-refractivity contribution < 1.29 is 13.9 Å². The summed E-state index contributed by atoms with van der Waals surface area (Å²) in [6.45, 7) is 1.99. The number of hydrogen-bond acceptors (Lipinski definition) is 4. The average Bonchev–Trinajstić information content (AvgIpc) is 2.46. The molecular formula is C15H17FN2O2. The first-order valence-electron chi connectivity index (χ1n) is 6.27. The number of nitrogens with two attached hydrogens (primary N) is 1. The summed E-state index contributed by atoms with van der Waals surface area (Å²) in [5.41, 5.74) is 7.19. The van der Waals surface area contributed by atoms with Crippen molar-refractivity contribution in [1.82, 2.24) is 4.98 Å². The van der Waals surface area contributed by atoms with Crippen molar-refractivity contribution in [2.45, 2.75) is 19.6 Å². The highest BCUT2D eigenvalue weighted by molar-refractivity contribution is 5.32. The van der Waals surface area contributed by atoms with Gasteiger partial charge in [-0.2, -0.15) is 0 Å². The molecule has 0 aliphatic rings. The smallest absolute Gasteiger partial charge is 0.219 e. The van der Waals surface area contributed by atoms with E-state index in [1.54, 1.807) is 31.3 Å². The van der Waals surface area contributed by atoms with E-state index in [4.69, 9.17) is 15.2 Å². The van der Waals surface area contributed by atoms with Gasteiger partial charge in [0.25, 0.3) is 0 Å². The predicted octanol–water partition coefficient (Wildman–Crippen LogP) is 2.83. The SMILES string of the molecule is COc1ncccc1COc1ccc(C(C)N)cc1F. The highest BCUT2D eigenvalue weighted by atomic mass is 19.1. The van der Waals surface area contributed by atoms with Gasteiger partial charge in [-0.05, 0) is 36.8 Å². The predicted molar refractivity (Wildman–Crippen MR) is 74.1 cm³/mol. The van der Waals surface area contributed by atoms with E-state index in [-0.39, 0.29) is 18.4 Å². The maximum absolute atomic E-state index is 13.9. The lowest BCUT2D eigenvalue weighted by atomic mass is 10.1. The zero-order chi connectivity index (χ0) is 14.5. The van der Waals surface area contributed by atoms with Gasteiger partial charge < -0.3 is 15.2 Å². The van der Waals surface area contributed by atoms with Crippen molar-refractivity contribution in [3.63, 3.8) is 0 Å². The molecule has 0 fully saturated rings. The topological polar surface area (TPSA) is 57.4 Å². The first-order chi connectivity index (χ1) is 9.61. The van der Waals surface area contributed by atoms with E-state index in [9.17, 15) is 4.39 Å². The van der Waals surface area contributed by atoms with Gasteiger partial charge in [0, 0.05) is 12.2 Å². The Bertz CT molecular complexity index is 588. The minimum Gasteiger partial charge on any atom is -0.486 e. The Balaban J connectivity index is 2.11. The Labute approximate surface area is 117 Å². The maximum Gasteiger partial charge on any atom is 0.219 e. The van der Waals surface area contributed by atoms with Gasteiger partial charge in [0.2, 0.25) is 5.88 Å². The van der Waals surface area contributed by atoms with Crippen LogP contribution < -0.4 is 15.2 Å². The van der Waals surface area contributed by atoms with Crippen LogP contribution in [0, 0.1) is 5.82 Å². The summed E-state index contributed by atoms with van der Waals surface area (Å²) in [5, 5.41) is 0. The molecular weight excluding hydrogens is 259 g/mol. The van der Waals surface area contributed by atoms with Gasteiger partial charge in [0.05, 0.1) is 12.7 Å². The summed E-state index contributed by atoms with van der Waals surface area (Å²) in [5.74, 6) is 0.225. The molecule has 1 unspecified atom stereocenters. The molecule has 2 N–H and O–H groups in total. The number of hydrogen-bond donors (Lipinski definition) is 1. The number of nitrogens with zero attached hydrogens (tertiary/aromatic N) is 1. The number of methoxy groups -OCH3 is 1. The van der Waals surface area contributed by atoms with Gasteiger partial charge in [0.1, 0.15) is 6.61 Å². The molecule has 106 valence electrons. The molecule has 4 nitrogen and oxygen atoms in total. The van der Waals surface area contributed by atoms with E-state index in [1.807, 2.05) is 6.07 Å². The van der Waals surface area contributed by atoms with Gasteiger partial charge in [-0.3, -0.25) is 0 Å². The standard InChI is InChI=1S/C15H17FN2O2/c1-10(17)11-5-6-14(13(16)8-11)20-9-12-4-3-7-18-15(12)19-2/h3-8,10H,9,17H2,1-2H3. The van der Waals surface area contributed by atoms with Crippen LogP contribution in [-0.2, 0) is 6.61 Å². The zero-order valence-electron chi connectivity index (χ0n) is 11.5. The minimum absolute atomic E-state index is 0.181. The van der Waals surface area contributed by atoms with Crippen LogP contribution in [0.1, 0.15) is 24.1 Å². The van der Waals surface area contributed by atoms with E-state index < -0.39 is 5.82 Å². The molecule has 1 heterocycles. The molecule has 0 aliphatic heterocycles. The van der Waals surface area contributed by atoms with Gasteiger partial charge in [0.15, 0.2) is 11.6 Å². The second kappa shape index (κ2) is 6.34. The van der Waals surface area contributed by atoms with Crippen LogP contribution in [0.4, 0.5) is 4.39 Å². The first-order valence-corrected chi connectivity index (χ1v) is 6.27. The van der Waals surface area contributed by atoms with E-state index >= 15 is 0 Å². The third-order valence-corrected chi connectivity index (χ3v) is 2.91. The third kappa shape index (κ3) is 3.24. The largest absolute Gasteiger partial charge is 0.486 e. The number of ether oxygens (including phenoxy) is 2. The molecule has 0 bridgehead atoms. The minimum atomic E-state index is -0.428. The summed E-state index contributed by atoms with van der Waals surface area (Å²) in [6, 6.07) is 8.11. The highest BCUT2D eigenvalue weighted by Gasteiger charge is 2.09. The third-order valence-electron chi connectivity index (χ3n) is 2.91. The molecule has 1 aromatic heterocycles. The molecule has 1 atom stereocenters. The number of halogens is 1. The lowest BCUT2D eigenvalue weighted by Crippen LogP contribution is -2.06. The quantitative estimate of drug-likeness (QED) is 0.912. The molecule has 20 heavy (non-hydrogen) atoms. The lowest BCUT2D eigenvalue weighted by Gasteiger charge is -2.11. The van der Waals surface area contributed by atoms with Crippen molar-refractivity contribution in [2.24, 2.45) is 5.73 Å². The Morgan fingerprint density at radius 3 is 2.80 bits per heavy atom. The van der Waals surface area contributed by atoms with Crippen molar-refractivity contribution in [2.75, 3.05) is 7.11 Å². The molecule has 0 saturated heterocycles. The van der Waals surface area contributed by atoms with Gasteiger partial charge >= 0.3 is 0 Å². The Hall–Kier alpha value is -2.14. The van der Waals surface area contributed by atoms with Crippen LogP contribution >= 0.6 is 0 Å². The van der Waals surface area contributed by atoms with Crippen LogP contribution in [0.25, 0.3) is 0 Å². The van der Waals surface area contributed by atoms with Crippen LogP contribution in [0.15, 0.2) is 36.5 Å². The summed E-state index contributed by atoms with van der Waals surface area (Å²) in [7, 11) is 1.53. The maximum atomic E-state index is 13.9. The molecule has 0 aliphatic carbocycles. The monoisotopic (exact) mass is 276 g/mol. The molecule has 2 aromatic rings. The van der Waals surface area contributed by atoms with Crippen molar-refractivity contribution >= 4 is 0 Å². The summed E-state index contributed by atoms with van der Waals surface area (Å²) in [4.78, 5) is 4.06. The first kappa shape index (κ1) is 14.3. The fourth-order valence-corrected chi connectivity index (χ4v) is 1.79. The fraction of sp³-hybridized carbons (Fsp3) is 0.267. The zero-order valence-corrected chi connectivity index (χ0v) is 11.5. The molecule has 0 radical (unpaired) electrons. The van der Waals surface area contributed by atoms with Gasteiger partial charge in [-0.15, -0.1) is 0 Å². The summed E-state index contributed by atoms with van der Waals surface area (Å²) < 4.78 is 24.4. The van der Waals surface area contributed by atoms with Crippen molar-refractivity contribution in [3.05, 3.63) is 53.5 Å². The van der Waals surface area contributed by atoms with Crippen molar-refractivity contribution in [1.29, 1.82) is 0 Å². The molecule has 0 saturated carbocycles. The number of pyridine rings is 1. The normalized spacial score (nSPS) is 12.0. The van der Waals surface area contributed by atoms with E-state index in [2.05, 4.69) is 4.98 Å². The molecule has 2 rings (SSSR count). The average molecular weight is 276 g/mol. The van der Waals surface area contributed by atoms with Gasteiger partial charge in [-0.1, -0.05) is 6.07 Å². The van der Waals surface area contributed by atoms with Gasteiger partial charge in [-0.25, -0.2) is 9.37 Å². The Kier molecular flexibility index (Phi) is 4.53. The van der Waals surface area contributed by atoms with Crippen LogP contribution in [0.3, 0.4) is 0 Å². The van der Waals surface area contributed by atoms with Crippen LogP contribution in [0.5, 0.6) is 11.6 Å². The van der Waals surface area contributed by atoms with E-state index in [1.165, 1.54) is 13.2 Å². The number of rotatable bonds is 5. The molecule has 1 aromatic carbocycles. The van der Waals surface area contributed by atoms with Crippen LogP contribution in [0.2, 0.25) is 0 Å². The Morgan fingerprint density at radius 2 is 2.15 bits per heavy atom. The molecule has 5 heteroatoms. The number of aromatic nitrogens is 1. The summed E-state index contributed by atoms with van der Waals surface area (Å²) >= 11 is 0. The van der Waals surface area contributed by atoms with Crippen LogP contribution in [-0.4, -0.2) is 12.1 Å².